The number of unbranched alkanes of at least 4 members (excludes halogenated alkanes) is 1. The van der Waals surface area contributed by atoms with Crippen molar-refractivity contribution in [3.63, 3.8) is 0 Å². The fourth-order valence-electron chi connectivity index (χ4n) is 7.77. The Kier molecular flexibility index (Phi) is 11.6. The first kappa shape index (κ1) is 37.8. The van der Waals surface area contributed by atoms with Gasteiger partial charge in [-0.25, -0.2) is 0 Å². The fourth-order valence-corrected chi connectivity index (χ4v) is 7.99. The molecule has 0 radical (unpaired) electrons. The number of halogens is 1. The standard InChI is InChI=1S/C41H44ClN7O6/c42-35-24-32(11-5-27(35)25-43)55-31-12-6-28(7-13-31)45-38(51)26-3-9-30(10-4-26)48-21-19-47(20-22-48)18-2-1-17-44-29-8-14-33-34(23-29)41(54)49(40(33)53)36-15-16-37(50)46-39(36)52/h3-5,8-11,14,23-24,28,31,36,44H,1-2,6-7,12-13,15-22H2,(H,45,51)(H,46,50,52). The third-order valence-corrected chi connectivity index (χ3v) is 11.2. The van der Waals surface area contributed by atoms with E-state index in [9.17, 15) is 24.0 Å². The molecule has 1 atom stereocenters. The van der Waals surface area contributed by atoms with Crippen molar-refractivity contribution in [3.05, 3.63) is 87.9 Å². The molecule has 3 aromatic rings. The highest BCUT2D eigenvalue weighted by Crippen LogP contribution is 2.30. The first-order chi connectivity index (χ1) is 26.7. The van der Waals surface area contributed by atoms with Gasteiger partial charge in [-0.15, -0.1) is 0 Å². The monoisotopic (exact) mass is 765 g/mol. The molecular weight excluding hydrogens is 722 g/mol. The highest BCUT2D eigenvalue weighted by molar-refractivity contribution is 6.31. The molecule has 1 unspecified atom stereocenters. The summed E-state index contributed by atoms with van der Waals surface area (Å²) in [6.45, 7) is 5.40. The lowest BCUT2D eigenvalue weighted by atomic mass is 9.92. The summed E-state index contributed by atoms with van der Waals surface area (Å²) in [6, 6.07) is 19.2. The molecule has 3 N–H and O–H groups in total. The van der Waals surface area contributed by atoms with Crippen LogP contribution in [0.4, 0.5) is 11.4 Å². The van der Waals surface area contributed by atoms with Crippen LogP contribution in [0.25, 0.3) is 0 Å². The summed E-state index contributed by atoms with van der Waals surface area (Å²) in [5, 5.41) is 18.2. The number of nitrogens with one attached hydrogen (secondary N) is 3. The van der Waals surface area contributed by atoms with Crippen LogP contribution in [0.3, 0.4) is 0 Å². The topological polar surface area (TPSA) is 164 Å². The number of piperidine rings is 1. The molecule has 1 saturated carbocycles. The van der Waals surface area contributed by atoms with E-state index < -0.39 is 29.7 Å². The summed E-state index contributed by atoms with van der Waals surface area (Å²) in [6.07, 6.45) is 5.49. The second-order valence-corrected chi connectivity index (χ2v) is 14.9. The van der Waals surface area contributed by atoms with E-state index in [4.69, 9.17) is 21.6 Å². The predicted octanol–water partition coefficient (Wildman–Crippen LogP) is 4.75. The number of nitrogens with zero attached hydrogens (tertiary/aromatic N) is 4. The molecular formula is C41H44ClN7O6. The third-order valence-electron chi connectivity index (χ3n) is 10.9. The molecule has 286 valence electrons. The van der Waals surface area contributed by atoms with Gasteiger partial charge in [0.15, 0.2) is 0 Å². The molecule has 1 aliphatic carbocycles. The van der Waals surface area contributed by atoms with Crippen molar-refractivity contribution in [1.29, 1.82) is 5.26 Å². The smallest absolute Gasteiger partial charge is 0.262 e. The fraction of sp³-hybridized carbons (Fsp3) is 0.415. The van der Waals surface area contributed by atoms with Gasteiger partial charge in [-0.3, -0.25) is 39.1 Å². The summed E-state index contributed by atoms with van der Waals surface area (Å²) in [4.78, 5) is 68.7. The molecule has 4 aliphatic rings. The number of rotatable bonds is 12. The quantitative estimate of drug-likeness (QED) is 0.173. The van der Waals surface area contributed by atoms with Crippen LogP contribution in [-0.4, -0.2) is 96.8 Å². The Hall–Kier alpha value is -5.45. The Bertz CT molecular complexity index is 2000. The van der Waals surface area contributed by atoms with Gasteiger partial charge < -0.3 is 20.3 Å². The second kappa shape index (κ2) is 16.9. The van der Waals surface area contributed by atoms with Gasteiger partial charge in [-0.2, -0.15) is 5.26 Å². The number of carbonyl (C=O) groups is 5. The first-order valence-corrected chi connectivity index (χ1v) is 19.4. The number of imide groups is 2. The molecule has 14 heteroatoms. The van der Waals surface area contributed by atoms with Crippen molar-refractivity contribution in [2.45, 2.75) is 69.6 Å². The molecule has 3 heterocycles. The van der Waals surface area contributed by atoms with Crippen molar-refractivity contribution in [1.82, 2.24) is 20.4 Å². The summed E-state index contributed by atoms with van der Waals surface area (Å²) in [5.74, 6) is -1.44. The van der Waals surface area contributed by atoms with Gasteiger partial charge in [0.2, 0.25) is 11.8 Å². The zero-order valence-electron chi connectivity index (χ0n) is 30.5. The van der Waals surface area contributed by atoms with Gasteiger partial charge in [-0.05, 0) is 106 Å². The molecule has 3 aliphatic heterocycles. The Morgan fingerprint density at radius 3 is 2.33 bits per heavy atom. The van der Waals surface area contributed by atoms with E-state index >= 15 is 0 Å². The van der Waals surface area contributed by atoms with Gasteiger partial charge in [0.1, 0.15) is 17.9 Å². The molecule has 55 heavy (non-hydrogen) atoms. The van der Waals surface area contributed by atoms with Gasteiger partial charge in [0, 0.05) is 68.2 Å². The van der Waals surface area contributed by atoms with Crippen LogP contribution in [0, 0.1) is 11.3 Å². The number of hydrogen-bond acceptors (Lipinski definition) is 10. The SMILES string of the molecule is N#Cc1ccc(OC2CCC(NC(=O)c3ccc(N4CCN(CCCCNc5ccc6c(c5)C(=O)N(C5CCC(=O)NC5=O)C6=O)CC4)cc3)CC2)cc1Cl. The van der Waals surface area contributed by atoms with E-state index in [1.807, 2.05) is 24.3 Å². The highest BCUT2D eigenvalue weighted by atomic mass is 35.5. The van der Waals surface area contributed by atoms with Gasteiger partial charge in [0.05, 0.1) is 27.8 Å². The van der Waals surface area contributed by atoms with Crippen LogP contribution < -0.4 is 25.6 Å². The lowest BCUT2D eigenvalue weighted by molar-refractivity contribution is -0.136. The summed E-state index contributed by atoms with van der Waals surface area (Å²) >= 11 is 6.14. The lowest BCUT2D eigenvalue weighted by Crippen LogP contribution is -2.54. The van der Waals surface area contributed by atoms with Gasteiger partial charge in [-0.1, -0.05) is 11.6 Å². The number of piperazine rings is 1. The van der Waals surface area contributed by atoms with Crippen LogP contribution in [0.1, 0.15) is 88.0 Å². The molecule has 3 aromatic carbocycles. The van der Waals surface area contributed by atoms with E-state index in [1.165, 1.54) is 0 Å². The summed E-state index contributed by atoms with van der Waals surface area (Å²) in [5.41, 5.74) is 3.46. The molecule has 0 aromatic heterocycles. The van der Waals surface area contributed by atoms with Crippen molar-refractivity contribution in [3.8, 4) is 11.8 Å². The molecule has 0 bridgehead atoms. The normalized spacial score (nSPS) is 21.5. The van der Waals surface area contributed by atoms with Crippen LogP contribution in [0.15, 0.2) is 60.7 Å². The average molecular weight is 766 g/mol. The number of anilines is 2. The lowest BCUT2D eigenvalue weighted by Gasteiger charge is -2.36. The highest BCUT2D eigenvalue weighted by Gasteiger charge is 2.44. The second-order valence-electron chi connectivity index (χ2n) is 14.5. The van der Waals surface area contributed by atoms with Crippen LogP contribution in [-0.2, 0) is 9.59 Å². The molecule has 13 nitrogen and oxygen atoms in total. The van der Waals surface area contributed by atoms with Crippen molar-refractivity contribution in [2.75, 3.05) is 49.5 Å². The predicted molar refractivity (Wildman–Crippen MR) is 206 cm³/mol. The Morgan fingerprint density at radius 2 is 1.62 bits per heavy atom. The molecule has 0 spiro atoms. The third kappa shape index (κ3) is 8.77. The maximum atomic E-state index is 13.1. The minimum atomic E-state index is -0.976. The maximum absolute atomic E-state index is 13.1. The maximum Gasteiger partial charge on any atom is 0.262 e. The minimum absolute atomic E-state index is 0.0445. The van der Waals surface area contributed by atoms with E-state index in [2.05, 4.69) is 31.8 Å². The van der Waals surface area contributed by atoms with E-state index in [0.717, 1.165) is 87.5 Å². The molecule has 5 amide bonds. The minimum Gasteiger partial charge on any atom is -0.490 e. The van der Waals surface area contributed by atoms with Crippen molar-refractivity contribution in [2.24, 2.45) is 0 Å². The Balaban J connectivity index is 0.784. The average Bonchev–Trinajstić information content (AvgIpc) is 3.43. The zero-order valence-corrected chi connectivity index (χ0v) is 31.3. The van der Waals surface area contributed by atoms with E-state index in [1.54, 1.807) is 36.4 Å². The number of ether oxygens (including phenoxy) is 1. The number of hydrogen-bond donors (Lipinski definition) is 3. The molecule has 2 saturated heterocycles. The molecule has 3 fully saturated rings. The van der Waals surface area contributed by atoms with E-state index in [-0.39, 0.29) is 42.0 Å². The molecule has 7 rings (SSSR count). The number of benzene rings is 3. The van der Waals surface area contributed by atoms with Crippen LogP contribution in [0.2, 0.25) is 5.02 Å². The Labute approximate surface area is 324 Å². The van der Waals surface area contributed by atoms with Crippen LogP contribution in [0.5, 0.6) is 5.75 Å². The number of nitriles is 1. The van der Waals surface area contributed by atoms with Crippen molar-refractivity contribution < 1.29 is 28.7 Å². The van der Waals surface area contributed by atoms with Crippen LogP contribution >= 0.6 is 11.6 Å². The van der Waals surface area contributed by atoms with Gasteiger partial charge >= 0.3 is 0 Å². The number of carbonyl (C=O) groups excluding carboxylic acids is 5. The largest absolute Gasteiger partial charge is 0.490 e. The zero-order chi connectivity index (χ0) is 38.5. The Morgan fingerprint density at radius 1 is 0.873 bits per heavy atom. The number of amides is 5. The van der Waals surface area contributed by atoms with E-state index in [0.29, 0.717) is 28.4 Å². The first-order valence-electron chi connectivity index (χ1n) is 19.0. The summed E-state index contributed by atoms with van der Waals surface area (Å²) < 4.78 is 6.08. The summed E-state index contributed by atoms with van der Waals surface area (Å²) in [7, 11) is 0. The van der Waals surface area contributed by atoms with Crippen molar-refractivity contribution >= 4 is 52.5 Å². The number of fused-ring (bicyclic) bond motifs is 1. The van der Waals surface area contributed by atoms with Gasteiger partial charge in [0.25, 0.3) is 17.7 Å².